The van der Waals surface area contributed by atoms with E-state index in [9.17, 15) is 18.0 Å². The lowest BCUT2D eigenvalue weighted by molar-refractivity contribution is -0.137. The smallest absolute Gasteiger partial charge is 0.324 e. The van der Waals surface area contributed by atoms with Crippen LogP contribution in [-0.4, -0.2) is 45.4 Å². The zero-order chi connectivity index (χ0) is 21.3. The summed E-state index contributed by atoms with van der Waals surface area (Å²) < 4.78 is 41.2. The Bertz CT molecular complexity index is 1060. The van der Waals surface area contributed by atoms with Crippen molar-refractivity contribution in [3.05, 3.63) is 52.5 Å². The Morgan fingerprint density at radius 1 is 1.17 bits per heavy atom. The molecule has 0 saturated carbocycles. The number of amides is 1. The minimum atomic E-state index is -4.40. The maximum absolute atomic E-state index is 12.9. The molecular formula is C20H19BrF3N5O. The van der Waals surface area contributed by atoms with E-state index in [4.69, 9.17) is 0 Å². The molecule has 30 heavy (non-hydrogen) atoms. The zero-order valence-corrected chi connectivity index (χ0v) is 17.4. The minimum absolute atomic E-state index is 0.0364. The number of para-hydroxylation sites is 1. The maximum Gasteiger partial charge on any atom is 0.416 e. The number of hydrogen-bond acceptors (Lipinski definition) is 4. The molecule has 1 fully saturated rings. The van der Waals surface area contributed by atoms with Crippen molar-refractivity contribution in [1.82, 2.24) is 19.9 Å². The third-order valence-electron chi connectivity index (χ3n) is 5.22. The lowest BCUT2D eigenvalue weighted by Crippen LogP contribution is -2.39. The molecule has 1 amide bonds. The molecule has 0 unspecified atom stereocenters. The first kappa shape index (κ1) is 20.8. The number of rotatable bonds is 4. The van der Waals surface area contributed by atoms with Crippen LogP contribution in [0.2, 0.25) is 0 Å². The number of nitrogens with zero attached hydrogens (tertiary/aromatic N) is 4. The van der Waals surface area contributed by atoms with Crippen LogP contribution in [0.1, 0.15) is 24.4 Å². The number of benzene rings is 2. The average Bonchev–Trinajstić information content (AvgIpc) is 3.13. The summed E-state index contributed by atoms with van der Waals surface area (Å²) in [6.07, 6.45) is -2.93. The van der Waals surface area contributed by atoms with Crippen molar-refractivity contribution in [2.24, 2.45) is 0 Å². The van der Waals surface area contributed by atoms with Crippen LogP contribution in [-0.2, 0) is 11.0 Å². The molecular weight excluding hydrogens is 463 g/mol. The number of alkyl halides is 3. The van der Waals surface area contributed by atoms with Crippen molar-refractivity contribution in [3.63, 3.8) is 0 Å². The molecule has 3 aromatic rings. The molecule has 0 aliphatic carbocycles. The van der Waals surface area contributed by atoms with Gasteiger partial charge in [-0.25, -0.2) is 4.68 Å². The van der Waals surface area contributed by atoms with Crippen LogP contribution in [0.5, 0.6) is 0 Å². The van der Waals surface area contributed by atoms with Gasteiger partial charge in [0, 0.05) is 17.6 Å². The van der Waals surface area contributed by atoms with Crippen molar-refractivity contribution in [1.29, 1.82) is 0 Å². The van der Waals surface area contributed by atoms with Crippen LogP contribution >= 0.6 is 15.9 Å². The van der Waals surface area contributed by atoms with E-state index < -0.39 is 11.7 Å². The Balaban J connectivity index is 1.36. The summed E-state index contributed by atoms with van der Waals surface area (Å²) in [5.74, 6) is -0.0914. The summed E-state index contributed by atoms with van der Waals surface area (Å²) in [6.45, 7) is 1.66. The summed E-state index contributed by atoms with van der Waals surface area (Å²) in [5.41, 5.74) is 0.825. The number of carbonyl (C=O) groups excluding carboxylic acids is 1. The van der Waals surface area contributed by atoms with Gasteiger partial charge in [0.05, 0.1) is 29.4 Å². The molecule has 4 rings (SSSR count). The Labute approximate surface area is 179 Å². The molecule has 10 heteroatoms. The summed E-state index contributed by atoms with van der Waals surface area (Å²) in [4.78, 5) is 14.4. The van der Waals surface area contributed by atoms with Crippen LogP contribution in [0.3, 0.4) is 0 Å². The van der Waals surface area contributed by atoms with Gasteiger partial charge in [-0.05, 0) is 59.1 Å². The molecule has 1 aliphatic rings. The number of halogens is 4. The number of piperidine rings is 1. The van der Waals surface area contributed by atoms with E-state index >= 15 is 0 Å². The molecule has 1 saturated heterocycles. The SMILES string of the molecule is O=C(CN1CCC(n2nnc3cc(C(F)(F)F)ccc32)CC1)Nc1ccccc1Br. The van der Waals surface area contributed by atoms with Gasteiger partial charge < -0.3 is 5.32 Å². The number of hydrogen-bond donors (Lipinski definition) is 1. The van der Waals surface area contributed by atoms with Gasteiger partial charge in [-0.2, -0.15) is 13.2 Å². The Morgan fingerprint density at radius 3 is 2.60 bits per heavy atom. The van der Waals surface area contributed by atoms with E-state index in [1.807, 2.05) is 24.3 Å². The van der Waals surface area contributed by atoms with Gasteiger partial charge in [-0.3, -0.25) is 9.69 Å². The molecule has 0 atom stereocenters. The third-order valence-corrected chi connectivity index (χ3v) is 5.91. The second-order valence-corrected chi connectivity index (χ2v) is 8.12. The van der Waals surface area contributed by atoms with E-state index in [2.05, 4.69) is 36.5 Å². The fourth-order valence-electron chi connectivity index (χ4n) is 3.67. The molecule has 2 heterocycles. The largest absolute Gasteiger partial charge is 0.416 e. The highest BCUT2D eigenvalue weighted by Crippen LogP contribution is 2.32. The van der Waals surface area contributed by atoms with Gasteiger partial charge >= 0.3 is 6.18 Å². The van der Waals surface area contributed by atoms with Crippen LogP contribution < -0.4 is 5.32 Å². The Morgan fingerprint density at radius 2 is 1.90 bits per heavy atom. The van der Waals surface area contributed by atoms with Crippen molar-refractivity contribution in [2.75, 3.05) is 25.0 Å². The van der Waals surface area contributed by atoms with E-state index in [1.54, 1.807) is 4.68 Å². The molecule has 1 aromatic heterocycles. The lowest BCUT2D eigenvalue weighted by atomic mass is 10.0. The zero-order valence-electron chi connectivity index (χ0n) is 15.9. The highest BCUT2D eigenvalue weighted by Gasteiger charge is 2.31. The van der Waals surface area contributed by atoms with Crippen molar-refractivity contribution in [3.8, 4) is 0 Å². The van der Waals surface area contributed by atoms with E-state index in [1.165, 1.54) is 6.07 Å². The first-order valence-electron chi connectivity index (χ1n) is 9.50. The first-order chi connectivity index (χ1) is 14.3. The number of likely N-dealkylation sites (tertiary alicyclic amines) is 1. The van der Waals surface area contributed by atoms with Crippen molar-refractivity contribution in [2.45, 2.75) is 25.1 Å². The topological polar surface area (TPSA) is 63.1 Å². The van der Waals surface area contributed by atoms with Gasteiger partial charge in [0.1, 0.15) is 5.52 Å². The molecule has 0 spiro atoms. The molecule has 1 N–H and O–H groups in total. The Kier molecular flexibility index (Phi) is 5.79. The van der Waals surface area contributed by atoms with Crippen LogP contribution in [0.15, 0.2) is 46.9 Å². The van der Waals surface area contributed by atoms with Crippen LogP contribution in [0.4, 0.5) is 18.9 Å². The number of anilines is 1. The predicted octanol–water partition coefficient (Wildman–Crippen LogP) is 4.49. The van der Waals surface area contributed by atoms with Gasteiger partial charge in [0.25, 0.3) is 0 Å². The Hall–Kier alpha value is -2.46. The number of carbonyl (C=O) groups is 1. The number of fused-ring (bicyclic) bond motifs is 1. The first-order valence-corrected chi connectivity index (χ1v) is 10.3. The maximum atomic E-state index is 12.9. The third kappa shape index (κ3) is 4.49. The lowest BCUT2D eigenvalue weighted by Gasteiger charge is -2.31. The normalized spacial score (nSPS) is 16.1. The second kappa shape index (κ2) is 8.35. The fraction of sp³-hybridized carbons (Fsp3) is 0.350. The highest BCUT2D eigenvalue weighted by molar-refractivity contribution is 9.10. The molecule has 158 valence electrons. The monoisotopic (exact) mass is 481 g/mol. The summed E-state index contributed by atoms with van der Waals surface area (Å²) >= 11 is 3.41. The van der Waals surface area contributed by atoms with E-state index in [0.717, 1.165) is 35.1 Å². The quantitative estimate of drug-likeness (QED) is 0.596. The minimum Gasteiger partial charge on any atom is -0.324 e. The summed E-state index contributed by atoms with van der Waals surface area (Å²) in [6, 6.07) is 11.0. The predicted molar refractivity (Wildman–Crippen MR) is 110 cm³/mol. The van der Waals surface area contributed by atoms with Crippen LogP contribution in [0, 0.1) is 0 Å². The number of aromatic nitrogens is 3. The summed E-state index contributed by atoms with van der Waals surface area (Å²) in [5, 5.41) is 10.9. The van der Waals surface area contributed by atoms with Gasteiger partial charge in [0.15, 0.2) is 0 Å². The van der Waals surface area contributed by atoms with Gasteiger partial charge in [-0.1, -0.05) is 17.3 Å². The van der Waals surface area contributed by atoms with Gasteiger partial charge in [0.2, 0.25) is 5.91 Å². The van der Waals surface area contributed by atoms with Crippen LogP contribution in [0.25, 0.3) is 11.0 Å². The summed E-state index contributed by atoms with van der Waals surface area (Å²) in [7, 11) is 0. The molecule has 0 bridgehead atoms. The second-order valence-electron chi connectivity index (χ2n) is 7.27. The molecule has 0 radical (unpaired) electrons. The standard InChI is InChI=1S/C20H19BrF3N5O/c21-15-3-1-2-4-16(15)25-19(30)12-28-9-7-14(8-10-28)29-18-6-5-13(20(22,23)24)11-17(18)26-27-29/h1-6,11,14H,7-10,12H2,(H,25,30). The average molecular weight is 482 g/mol. The molecule has 6 nitrogen and oxygen atoms in total. The van der Waals surface area contributed by atoms with Crippen molar-refractivity contribution >= 4 is 38.6 Å². The highest BCUT2D eigenvalue weighted by atomic mass is 79.9. The van der Waals surface area contributed by atoms with E-state index in [-0.39, 0.29) is 24.0 Å². The van der Waals surface area contributed by atoms with E-state index in [0.29, 0.717) is 18.6 Å². The van der Waals surface area contributed by atoms with Gasteiger partial charge in [-0.15, -0.1) is 5.10 Å². The molecule has 1 aliphatic heterocycles. The number of nitrogens with one attached hydrogen (secondary N) is 1. The molecule has 2 aromatic carbocycles. The fourth-order valence-corrected chi connectivity index (χ4v) is 4.05. The van der Waals surface area contributed by atoms with Crippen molar-refractivity contribution < 1.29 is 18.0 Å².